The van der Waals surface area contributed by atoms with Gasteiger partial charge in [0, 0.05) is 12.6 Å². The van der Waals surface area contributed by atoms with E-state index in [2.05, 4.69) is 9.72 Å². The Bertz CT molecular complexity index is 843. The van der Waals surface area contributed by atoms with E-state index in [9.17, 15) is 17.6 Å². The Morgan fingerprint density at radius 2 is 1.88 bits per heavy atom. The predicted molar refractivity (Wildman–Crippen MR) is 85.7 cm³/mol. The van der Waals surface area contributed by atoms with Crippen LogP contribution in [-0.2, 0) is 14.8 Å². The molecule has 0 fully saturated rings. The molecule has 0 aliphatic carbocycles. The van der Waals surface area contributed by atoms with Crippen molar-refractivity contribution < 1.29 is 26.8 Å². The Kier molecular flexibility index (Phi) is 4.93. The average Bonchev–Trinajstić information content (AvgIpc) is 2.98. The highest BCUT2D eigenvalue weighted by molar-refractivity contribution is 7.93. The molecule has 0 aliphatic heterocycles. The van der Waals surface area contributed by atoms with Gasteiger partial charge >= 0.3 is 12.0 Å². The number of ether oxygens (including phenoxy) is 1. The number of hydrogen-bond acceptors (Lipinski definition) is 6. The van der Waals surface area contributed by atoms with Crippen molar-refractivity contribution >= 4 is 22.0 Å². The van der Waals surface area contributed by atoms with Crippen molar-refractivity contribution in [2.75, 3.05) is 18.5 Å². The Morgan fingerprint density at radius 1 is 1.29 bits per heavy atom. The summed E-state index contributed by atoms with van der Waals surface area (Å²) in [6, 6.07) is 4.92. The molecule has 130 valence electrons. The number of esters is 1. The fourth-order valence-corrected chi connectivity index (χ4v) is 2.83. The third-order valence-corrected chi connectivity index (χ3v) is 5.46. The first-order chi connectivity index (χ1) is 11.2. The van der Waals surface area contributed by atoms with Crippen LogP contribution in [0.5, 0.6) is 0 Å². The van der Waals surface area contributed by atoms with Crippen molar-refractivity contribution in [3.05, 3.63) is 35.8 Å². The van der Waals surface area contributed by atoms with Gasteiger partial charge < -0.3 is 9.15 Å². The number of carbonyl (C=O) groups is 1. The highest BCUT2D eigenvalue weighted by atomic mass is 32.2. The third-order valence-electron chi connectivity index (χ3n) is 3.35. The van der Waals surface area contributed by atoms with Crippen LogP contribution in [0.1, 0.15) is 24.4 Å². The summed E-state index contributed by atoms with van der Waals surface area (Å²) in [5.74, 6) is -1.53. The second-order valence-corrected chi connectivity index (χ2v) is 7.75. The molecule has 0 saturated heterocycles. The van der Waals surface area contributed by atoms with E-state index in [4.69, 9.17) is 4.42 Å². The monoisotopic (exact) mass is 356 g/mol. The van der Waals surface area contributed by atoms with Crippen LogP contribution in [0.25, 0.3) is 11.3 Å². The summed E-state index contributed by atoms with van der Waals surface area (Å²) in [5.41, 5.74) is 0.463. The Morgan fingerprint density at radius 3 is 2.38 bits per heavy atom. The number of anilines is 1. The molecule has 0 bridgehead atoms. The summed E-state index contributed by atoms with van der Waals surface area (Å²) >= 11 is 0. The number of aromatic nitrogens is 1. The number of benzene rings is 1. The zero-order valence-electron chi connectivity index (χ0n) is 13.6. The normalized spacial score (nSPS) is 11.6. The first-order valence-corrected chi connectivity index (χ1v) is 8.51. The molecule has 0 spiro atoms. The van der Waals surface area contributed by atoms with Crippen LogP contribution in [0.3, 0.4) is 0 Å². The van der Waals surface area contributed by atoms with Gasteiger partial charge in [0.05, 0.1) is 12.4 Å². The maximum Gasteiger partial charge on any atom is 0.376 e. The van der Waals surface area contributed by atoms with Gasteiger partial charge in [-0.1, -0.05) is 0 Å². The predicted octanol–water partition coefficient (Wildman–Crippen LogP) is 2.44. The molecule has 1 aromatic heterocycles. The summed E-state index contributed by atoms with van der Waals surface area (Å²) in [7, 11) is -1.26. The van der Waals surface area contributed by atoms with E-state index in [-0.39, 0.29) is 17.5 Å². The van der Waals surface area contributed by atoms with E-state index in [1.807, 2.05) is 0 Å². The lowest BCUT2D eigenvalue weighted by molar-refractivity contribution is 0.0567. The summed E-state index contributed by atoms with van der Waals surface area (Å²) in [6.07, 6.45) is 0. The molecule has 0 radical (unpaired) electrons. The standard InChI is InChI=1S/C15H17FN2O5S/c1-9(2)24(20,21)18(3)15-17-12(13(23-15)14(19)22-4)10-5-7-11(16)8-6-10/h5-9H,1-4H3. The molecule has 1 aromatic carbocycles. The molecule has 0 amide bonds. The van der Waals surface area contributed by atoms with Crippen LogP contribution in [0, 0.1) is 5.82 Å². The number of nitrogens with zero attached hydrogens (tertiary/aromatic N) is 2. The molecule has 2 rings (SSSR count). The molecule has 0 atom stereocenters. The summed E-state index contributed by atoms with van der Waals surface area (Å²) in [6.45, 7) is 3.02. The molecule has 9 heteroatoms. The maximum absolute atomic E-state index is 13.1. The van der Waals surface area contributed by atoms with Gasteiger partial charge in [0.15, 0.2) is 0 Å². The van der Waals surface area contributed by atoms with E-state index >= 15 is 0 Å². The molecule has 7 nitrogen and oxygen atoms in total. The maximum atomic E-state index is 13.1. The summed E-state index contributed by atoms with van der Waals surface area (Å²) in [5, 5.41) is -0.703. The van der Waals surface area contributed by atoms with Crippen LogP contribution >= 0.6 is 0 Å². The van der Waals surface area contributed by atoms with Crippen LogP contribution in [-0.4, -0.2) is 38.8 Å². The second-order valence-electron chi connectivity index (χ2n) is 5.23. The number of carbonyl (C=O) groups excluding carboxylic acids is 1. The van der Waals surface area contributed by atoms with Gasteiger partial charge in [0.2, 0.25) is 15.8 Å². The fraction of sp³-hybridized carbons (Fsp3) is 0.333. The van der Waals surface area contributed by atoms with Crippen molar-refractivity contribution in [2.24, 2.45) is 0 Å². The minimum absolute atomic E-state index is 0.0719. The number of sulfonamides is 1. The van der Waals surface area contributed by atoms with Crippen molar-refractivity contribution in [2.45, 2.75) is 19.1 Å². The van der Waals surface area contributed by atoms with Gasteiger partial charge in [-0.15, -0.1) is 0 Å². The Balaban J connectivity index is 2.58. The average molecular weight is 356 g/mol. The quantitative estimate of drug-likeness (QED) is 0.765. The number of hydrogen-bond donors (Lipinski definition) is 0. The van der Waals surface area contributed by atoms with Gasteiger partial charge in [-0.05, 0) is 38.1 Å². The lowest BCUT2D eigenvalue weighted by Crippen LogP contribution is -2.33. The molecule has 1 heterocycles. The third kappa shape index (κ3) is 3.25. The van der Waals surface area contributed by atoms with Crippen molar-refractivity contribution in [1.82, 2.24) is 4.98 Å². The molecule has 0 unspecified atom stereocenters. The summed E-state index contributed by atoms with van der Waals surface area (Å²) < 4.78 is 48.4. The van der Waals surface area contributed by atoms with E-state index in [1.165, 1.54) is 45.2 Å². The zero-order chi connectivity index (χ0) is 18.1. The second kappa shape index (κ2) is 6.60. The van der Waals surface area contributed by atoms with E-state index in [0.29, 0.717) is 5.56 Å². The van der Waals surface area contributed by atoms with Crippen LogP contribution in [0.4, 0.5) is 10.4 Å². The van der Waals surface area contributed by atoms with Crippen molar-refractivity contribution in [3.63, 3.8) is 0 Å². The molecule has 0 saturated carbocycles. The number of oxazole rings is 1. The van der Waals surface area contributed by atoms with Crippen molar-refractivity contribution in [1.29, 1.82) is 0 Å². The molecule has 24 heavy (non-hydrogen) atoms. The molecule has 0 aliphatic rings. The van der Waals surface area contributed by atoms with Gasteiger partial charge in [-0.3, -0.25) is 0 Å². The largest absolute Gasteiger partial charge is 0.463 e. The van der Waals surface area contributed by atoms with Gasteiger partial charge in [-0.25, -0.2) is 21.9 Å². The summed E-state index contributed by atoms with van der Waals surface area (Å²) in [4.78, 5) is 16.0. The van der Waals surface area contributed by atoms with Crippen molar-refractivity contribution in [3.8, 4) is 11.3 Å². The fourth-order valence-electron chi connectivity index (χ4n) is 1.90. The minimum Gasteiger partial charge on any atom is -0.463 e. The highest BCUT2D eigenvalue weighted by Crippen LogP contribution is 2.30. The van der Waals surface area contributed by atoms with Gasteiger partial charge in [-0.2, -0.15) is 4.98 Å². The van der Waals surface area contributed by atoms with Gasteiger partial charge in [0.1, 0.15) is 11.5 Å². The Hall–Kier alpha value is -2.42. The first kappa shape index (κ1) is 17.9. The molecule has 0 N–H and O–H groups in total. The van der Waals surface area contributed by atoms with E-state index < -0.39 is 27.1 Å². The van der Waals surface area contributed by atoms with Crippen LogP contribution < -0.4 is 4.31 Å². The number of rotatable bonds is 5. The van der Waals surface area contributed by atoms with Crippen LogP contribution in [0.15, 0.2) is 28.7 Å². The zero-order valence-corrected chi connectivity index (χ0v) is 14.4. The minimum atomic E-state index is -3.69. The first-order valence-electron chi connectivity index (χ1n) is 7.01. The van der Waals surface area contributed by atoms with Crippen LogP contribution in [0.2, 0.25) is 0 Å². The topological polar surface area (TPSA) is 89.7 Å². The number of halogens is 1. The lowest BCUT2D eigenvalue weighted by Gasteiger charge is -2.17. The Labute approximate surface area is 139 Å². The molecule has 2 aromatic rings. The molecular formula is C15H17FN2O5S. The van der Waals surface area contributed by atoms with E-state index in [0.717, 1.165) is 11.4 Å². The molecular weight excluding hydrogens is 339 g/mol. The number of methoxy groups -OCH3 is 1. The smallest absolute Gasteiger partial charge is 0.376 e. The van der Waals surface area contributed by atoms with Gasteiger partial charge in [0.25, 0.3) is 0 Å². The SMILES string of the molecule is COC(=O)c1oc(N(C)S(=O)(=O)C(C)C)nc1-c1ccc(F)cc1. The highest BCUT2D eigenvalue weighted by Gasteiger charge is 2.30. The lowest BCUT2D eigenvalue weighted by atomic mass is 10.1. The van der Waals surface area contributed by atoms with E-state index in [1.54, 1.807) is 0 Å².